The number of phosphoric ester groups is 1. The number of aliphatic hydroxyl groups excluding tert-OH is 1. The molecule has 0 aliphatic carbocycles. The van der Waals surface area contributed by atoms with Crippen LogP contribution in [0.4, 0.5) is 8.78 Å². The quantitative estimate of drug-likeness (QED) is 0.510. The molecule has 0 radical (unpaired) electrons. The minimum absolute atomic E-state index is 0. The maximum atomic E-state index is 14.5. The maximum absolute atomic E-state index is 14.5. The highest BCUT2D eigenvalue weighted by atomic mass is 31.2. The van der Waals surface area contributed by atoms with Crippen molar-refractivity contribution in [2.75, 3.05) is 13.2 Å². The van der Waals surface area contributed by atoms with Crippen LogP contribution in [0.15, 0.2) is 29.7 Å². The minimum atomic E-state index is -4.46. The van der Waals surface area contributed by atoms with Crippen LogP contribution in [0.3, 0.4) is 0 Å². The van der Waals surface area contributed by atoms with Gasteiger partial charge in [-0.3, -0.25) is 13.8 Å². The van der Waals surface area contributed by atoms with Crippen molar-refractivity contribution in [3.05, 3.63) is 24.7 Å². The monoisotopic (exact) mass is 441 g/mol. The summed E-state index contributed by atoms with van der Waals surface area (Å²) in [6, 6.07) is 0. The summed E-state index contributed by atoms with van der Waals surface area (Å²) in [6.07, 6.45) is -3.04. The molecule has 1 fully saturated rings. The Hall–Kier alpha value is -1.69. The van der Waals surface area contributed by atoms with Crippen molar-refractivity contribution >= 4 is 19.6 Å². The van der Waals surface area contributed by atoms with E-state index in [1.165, 1.54) is 13.0 Å². The normalized spacial score (nSPS) is 27.8. The zero-order valence-electron chi connectivity index (χ0n) is 15.2. The highest BCUT2D eigenvalue weighted by molar-refractivity contribution is 7.47. The molecule has 2 rings (SSSR count). The zero-order chi connectivity index (χ0) is 21.1. The number of halogens is 2. The van der Waals surface area contributed by atoms with Crippen LogP contribution in [0, 0.1) is 0 Å². The predicted octanol–water partition coefficient (Wildman–Crippen LogP) is 1.72. The third kappa shape index (κ3) is 6.14. The second-order valence-electron chi connectivity index (χ2n) is 6.06. The second-order valence-corrected chi connectivity index (χ2v) is 7.51. The Morgan fingerprint density at radius 3 is 2.72 bits per heavy atom. The molecule has 1 amide bonds. The summed E-state index contributed by atoms with van der Waals surface area (Å²) in [5, 5.41) is 12.3. The van der Waals surface area contributed by atoms with E-state index in [9.17, 15) is 28.1 Å². The van der Waals surface area contributed by atoms with Crippen LogP contribution in [0.5, 0.6) is 0 Å². The summed E-state index contributed by atoms with van der Waals surface area (Å²) in [5.41, 5.74) is 0. The van der Waals surface area contributed by atoms with Crippen LogP contribution in [-0.4, -0.2) is 64.2 Å². The van der Waals surface area contributed by atoms with E-state index < -0.39 is 44.7 Å². The molecule has 166 valence electrons. The largest absolute Gasteiger partial charge is 0.472 e. The molecule has 0 spiro atoms. The van der Waals surface area contributed by atoms with Gasteiger partial charge in [0.25, 0.3) is 0 Å². The van der Waals surface area contributed by atoms with Gasteiger partial charge in [-0.25, -0.2) is 9.56 Å². The second kappa shape index (κ2) is 9.88. The lowest BCUT2D eigenvalue weighted by Crippen LogP contribution is -2.47. The molecule has 0 aromatic rings. The molecule has 2 aliphatic rings. The van der Waals surface area contributed by atoms with Crippen molar-refractivity contribution < 1.29 is 41.9 Å². The fourth-order valence-electron chi connectivity index (χ4n) is 2.45. The third-order valence-electron chi connectivity index (χ3n) is 3.74. The summed E-state index contributed by atoms with van der Waals surface area (Å²) < 4.78 is 55.1. The van der Waals surface area contributed by atoms with E-state index in [0.29, 0.717) is 6.42 Å². The number of carbonyl (C=O) groups excluding carboxylic acids is 1. The molecule has 2 heterocycles. The van der Waals surface area contributed by atoms with Crippen LogP contribution in [0.1, 0.15) is 27.7 Å². The van der Waals surface area contributed by atoms with E-state index in [4.69, 9.17) is 4.74 Å². The van der Waals surface area contributed by atoms with Crippen LogP contribution in [0.2, 0.25) is 0 Å². The standard InChI is InChI=1S/C15H22F2N3O7P.CH4/c1-4-7-25-28(23,24)26-8-11-13(22)15(16,17)14(27-11)20-6-5-12(18-9(20)2)19-10(3)21;/h5-6,11,13-14,22H,2,4,7-8H2,1,3H3,(H,23,24)(H,18,19,21);1H4/t11-,13?,14-;/m1./s1. The molecule has 3 N–H and O–H groups in total. The van der Waals surface area contributed by atoms with Gasteiger partial charge in [0.15, 0.2) is 6.10 Å². The van der Waals surface area contributed by atoms with E-state index in [1.54, 1.807) is 6.92 Å². The van der Waals surface area contributed by atoms with Gasteiger partial charge in [-0.15, -0.1) is 0 Å². The first-order valence-corrected chi connectivity index (χ1v) is 9.82. The van der Waals surface area contributed by atoms with Gasteiger partial charge in [-0.05, 0) is 12.5 Å². The van der Waals surface area contributed by atoms with E-state index >= 15 is 0 Å². The Morgan fingerprint density at radius 1 is 1.52 bits per heavy atom. The molecule has 2 aliphatic heterocycles. The first-order chi connectivity index (χ1) is 13.0. The third-order valence-corrected chi connectivity index (χ3v) is 4.72. The van der Waals surface area contributed by atoms with Gasteiger partial charge < -0.3 is 25.0 Å². The fourth-order valence-corrected chi connectivity index (χ4v) is 3.28. The van der Waals surface area contributed by atoms with Crippen molar-refractivity contribution in [1.29, 1.82) is 0 Å². The van der Waals surface area contributed by atoms with E-state index in [0.717, 1.165) is 11.1 Å². The number of alkyl halides is 2. The number of aliphatic hydroxyl groups is 1. The Morgan fingerprint density at radius 2 is 2.17 bits per heavy atom. The highest BCUT2D eigenvalue weighted by Gasteiger charge is 2.61. The Kier molecular flexibility index (Phi) is 8.63. The lowest BCUT2D eigenvalue weighted by molar-refractivity contribution is -0.148. The van der Waals surface area contributed by atoms with E-state index in [2.05, 4.69) is 25.9 Å². The first-order valence-electron chi connectivity index (χ1n) is 8.33. The SMILES string of the molecule is C.C=C1N=C(NC(C)=O)C=CN1[C@@H]1O[C@H](COP(=O)(O)OCCC)C(O)C1(F)F. The van der Waals surface area contributed by atoms with Gasteiger partial charge in [0.1, 0.15) is 17.8 Å². The molecular formula is C16H26F2N3O7P. The number of nitrogens with zero attached hydrogens (tertiary/aromatic N) is 2. The molecule has 0 aromatic carbocycles. The van der Waals surface area contributed by atoms with E-state index in [1.807, 2.05) is 0 Å². The zero-order valence-corrected chi connectivity index (χ0v) is 16.1. The Labute approximate surface area is 167 Å². The van der Waals surface area contributed by atoms with E-state index in [-0.39, 0.29) is 25.7 Å². The molecule has 29 heavy (non-hydrogen) atoms. The number of hydrogen-bond acceptors (Lipinski definition) is 8. The summed E-state index contributed by atoms with van der Waals surface area (Å²) in [4.78, 5) is 25.3. The van der Waals surface area contributed by atoms with Crippen molar-refractivity contribution in [3.8, 4) is 0 Å². The molecular weight excluding hydrogens is 415 g/mol. The van der Waals surface area contributed by atoms with Crippen LogP contribution < -0.4 is 5.32 Å². The first kappa shape index (κ1) is 25.3. The predicted molar refractivity (Wildman–Crippen MR) is 99.7 cm³/mol. The van der Waals surface area contributed by atoms with Crippen molar-refractivity contribution in [2.24, 2.45) is 4.99 Å². The van der Waals surface area contributed by atoms with Gasteiger partial charge >= 0.3 is 13.7 Å². The molecule has 1 saturated heterocycles. The molecule has 2 unspecified atom stereocenters. The number of rotatable bonds is 7. The number of amidine groups is 1. The van der Waals surface area contributed by atoms with Gasteiger partial charge in [0, 0.05) is 13.1 Å². The van der Waals surface area contributed by atoms with Crippen molar-refractivity contribution in [3.63, 3.8) is 0 Å². The van der Waals surface area contributed by atoms with Gasteiger partial charge in [-0.1, -0.05) is 20.9 Å². The average molecular weight is 441 g/mol. The van der Waals surface area contributed by atoms with Crippen molar-refractivity contribution in [1.82, 2.24) is 10.2 Å². The number of carbonyl (C=O) groups is 1. The molecule has 0 bridgehead atoms. The number of aliphatic imine (C=N–C) groups is 1. The average Bonchev–Trinajstić information content (AvgIpc) is 2.81. The fraction of sp³-hybridized carbons (Fsp3) is 0.625. The van der Waals surface area contributed by atoms with Gasteiger partial charge in [0.05, 0.1) is 13.2 Å². The molecule has 10 nitrogen and oxygen atoms in total. The maximum Gasteiger partial charge on any atom is 0.472 e. The van der Waals surface area contributed by atoms with Gasteiger partial charge in [0.2, 0.25) is 12.1 Å². The summed E-state index contributed by atoms with van der Waals surface area (Å²) in [5.74, 6) is -4.24. The van der Waals surface area contributed by atoms with Crippen LogP contribution in [0.25, 0.3) is 0 Å². The number of hydrogen-bond donors (Lipinski definition) is 3. The molecule has 0 aromatic heterocycles. The topological polar surface area (TPSA) is 130 Å². The molecule has 0 saturated carbocycles. The smallest absolute Gasteiger partial charge is 0.384 e. The molecule has 13 heteroatoms. The number of nitrogens with one attached hydrogen (secondary N) is 1. The van der Waals surface area contributed by atoms with Crippen LogP contribution >= 0.6 is 7.82 Å². The van der Waals surface area contributed by atoms with Gasteiger partial charge in [-0.2, -0.15) is 8.78 Å². The number of ether oxygens (including phenoxy) is 1. The van der Waals surface area contributed by atoms with Crippen LogP contribution in [-0.2, 0) is 23.1 Å². The lowest BCUT2D eigenvalue weighted by Gasteiger charge is -2.32. The number of phosphoric acid groups is 1. The number of amides is 1. The Balaban J connectivity index is 0.00000420. The lowest BCUT2D eigenvalue weighted by atomic mass is 10.1. The minimum Gasteiger partial charge on any atom is -0.384 e. The molecule has 4 atom stereocenters. The highest BCUT2D eigenvalue weighted by Crippen LogP contribution is 2.46. The summed E-state index contributed by atoms with van der Waals surface area (Å²) >= 11 is 0. The van der Waals surface area contributed by atoms with Crippen molar-refractivity contribution in [2.45, 2.75) is 52.1 Å². The summed E-state index contributed by atoms with van der Waals surface area (Å²) in [6.45, 7) is 5.64. The summed E-state index contributed by atoms with van der Waals surface area (Å²) in [7, 11) is -4.46. The Bertz CT molecular complexity index is 731.